The fourth-order valence-electron chi connectivity index (χ4n) is 3.61. The van der Waals surface area contributed by atoms with E-state index in [0.29, 0.717) is 0 Å². The Morgan fingerprint density at radius 1 is 0.516 bits per heavy atom. The van der Waals surface area contributed by atoms with Crippen LogP contribution in [0.5, 0.6) is 0 Å². The van der Waals surface area contributed by atoms with Crippen LogP contribution in [-0.4, -0.2) is 61.4 Å². The molecule has 0 spiro atoms. The van der Waals surface area contributed by atoms with Crippen LogP contribution in [0, 0.1) is 0 Å². The molecule has 0 amide bonds. The topological polar surface area (TPSA) is 80.9 Å². The van der Waals surface area contributed by atoms with Gasteiger partial charge in [-0.2, -0.15) is 0 Å². The highest BCUT2D eigenvalue weighted by Crippen LogP contribution is 2.31. The van der Waals surface area contributed by atoms with Gasteiger partial charge >= 0.3 is 0 Å². The molecule has 0 saturated carbocycles. The Kier molecular flexibility index (Phi) is 24.1. The van der Waals surface area contributed by atoms with E-state index in [1.165, 1.54) is 89.9 Å². The maximum absolute atomic E-state index is 10.6. The highest BCUT2D eigenvalue weighted by Gasteiger charge is 2.31. The van der Waals surface area contributed by atoms with E-state index >= 15 is 0 Å². The number of rotatable bonds is 24. The lowest BCUT2D eigenvalue weighted by Gasteiger charge is -2.28. The fraction of sp³-hybridized carbons (Fsp3) is 1.00. The summed E-state index contributed by atoms with van der Waals surface area (Å²) in [5.41, 5.74) is 0. The van der Waals surface area contributed by atoms with Crippen LogP contribution in [0.15, 0.2) is 0 Å². The Labute approximate surface area is 201 Å². The highest BCUT2D eigenvalue weighted by atomic mass is 32.2. The van der Waals surface area contributed by atoms with E-state index in [1.54, 1.807) is 23.5 Å². The lowest BCUT2D eigenvalue weighted by molar-refractivity contribution is -0.0706. The van der Waals surface area contributed by atoms with Crippen LogP contribution < -0.4 is 0 Å². The summed E-state index contributed by atoms with van der Waals surface area (Å²) in [5.74, 6) is 1.92. The first-order valence-corrected chi connectivity index (χ1v) is 15.1. The normalized spacial score (nSPS) is 14.8. The minimum absolute atomic E-state index is 0.162. The molecule has 3 atom stereocenters. The number of thioether (sulfide) groups is 2. The van der Waals surface area contributed by atoms with Crippen molar-refractivity contribution in [1.82, 2.24) is 0 Å². The molecule has 0 aliphatic rings. The molecule has 0 aliphatic heterocycles. The zero-order chi connectivity index (χ0) is 23.2. The molecule has 0 aromatic heterocycles. The van der Waals surface area contributed by atoms with Crippen molar-refractivity contribution in [1.29, 1.82) is 0 Å². The van der Waals surface area contributed by atoms with Crippen LogP contribution in [0.3, 0.4) is 0 Å². The number of aliphatic hydroxyl groups excluding tert-OH is 4. The van der Waals surface area contributed by atoms with Gasteiger partial charge in [-0.1, -0.05) is 104 Å². The summed E-state index contributed by atoms with van der Waals surface area (Å²) < 4.78 is -0.162. The van der Waals surface area contributed by atoms with E-state index in [2.05, 4.69) is 13.8 Å². The molecule has 0 radical (unpaired) electrons. The Bertz CT molecular complexity index is 338. The number of aliphatic hydroxyl groups is 4. The van der Waals surface area contributed by atoms with Crippen LogP contribution in [0.4, 0.5) is 0 Å². The predicted octanol–water partition coefficient (Wildman–Crippen LogP) is 6.14. The molecule has 0 rings (SSSR count). The molecular formula is C25H52O4S2. The second-order valence-corrected chi connectivity index (χ2v) is 11.6. The number of hydrogen-bond donors (Lipinski definition) is 4. The van der Waals surface area contributed by atoms with Crippen molar-refractivity contribution >= 4 is 23.5 Å². The molecule has 0 fully saturated rings. The highest BCUT2D eigenvalue weighted by molar-refractivity contribution is 8.17. The Morgan fingerprint density at radius 2 is 0.871 bits per heavy atom. The average Bonchev–Trinajstić information content (AvgIpc) is 2.79. The van der Waals surface area contributed by atoms with Gasteiger partial charge in [-0.05, 0) is 24.3 Å². The van der Waals surface area contributed by atoms with E-state index in [1.807, 2.05) is 0 Å². The van der Waals surface area contributed by atoms with Crippen LogP contribution in [0.1, 0.15) is 117 Å². The maximum atomic E-state index is 10.6. The molecular weight excluding hydrogens is 428 g/mol. The molecule has 31 heavy (non-hydrogen) atoms. The zero-order valence-corrected chi connectivity index (χ0v) is 22.0. The first-order valence-electron chi connectivity index (χ1n) is 13.0. The quantitative estimate of drug-likeness (QED) is 0.0982. The van der Waals surface area contributed by atoms with Crippen LogP contribution in [0.2, 0.25) is 0 Å². The largest absolute Gasteiger partial charge is 0.394 e. The molecule has 3 unspecified atom stereocenters. The van der Waals surface area contributed by atoms with E-state index in [4.69, 9.17) is 5.11 Å². The van der Waals surface area contributed by atoms with Crippen LogP contribution in [0.25, 0.3) is 0 Å². The molecule has 4 nitrogen and oxygen atoms in total. The van der Waals surface area contributed by atoms with Crippen molar-refractivity contribution < 1.29 is 20.4 Å². The first-order chi connectivity index (χ1) is 15.1. The molecule has 0 aliphatic carbocycles. The van der Waals surface area contributed by atoms with E-state index in [9.17, 15) is 15.3 Å². The summed E-state index contributed by atoms with van der Waals surface area (Å²) in [6, 6.07) is 0. The predicted molar refractivity (Wildman–Crippen MR) is 139 cm³/mol. The molecule has 4 N–H and O–H groups in total. The maximum Gasteiger partial charge on any atom is 0.110 e. The van der Waals surface area contributed by atoms with Crippen molar-refractivity contribution in [2.75, 3.05) is 18.1 Å². The molecule has 0 saturated heterocycles. The summed E-state index contributed by atoms with van der Waals surface area (Å²) >= 11 is 3.39. The Hall–Kier alpha value is 0.540. The van der Waals surface area contributed by atoms with Crippen molar-refractivity contribution in [2.45, 2.75) is 139 Å². The third-order valence-corrected chi connectivity index (χ3v) is 8.85. The van der Waals surface area contributed by atoms with Crippen molar-refractivity contribution in [3.05, 3.63) is 0 Å². The second-order valence-electron chi connectivity index (χ2n) is 8.79. The number of hydrogen-bond acceptors (Lipinski definition) is 6. The minimum Gasteiger partial charge on any atom is -0.394 e. The van der Waals surface area contributed by atoms with Crippen LogP contribution >= 0.6 is 23.5 Å². The van der Waals surface area contributed by atoms with Crippen LogP contribution in [-0.2, 0) is 0 Å². The fourth-order valence-corrected chi connectivity index (χ4v) is 6.50. The number of unbranched alkanes of at least 4 members (excludes halogenated alkanes) is 14. The van der Waals surface area contributed by atoms with E-state index < -0.39 is 24.9 Å². The van der Waals surface area contributed by atoms with Gasteiger partial charge in [-0.15, -0.1) is 23.5 Å². The van der Waals surface area contributed by atoms with Gasteiger partial charge in [0.1, 0.15) is 18.3 Å². The van der Waals surface area contributed by atoms with Gasteiger partial charge in [0.05, 0.1) is 11.2 Å². The summed E-state index contributed by atoms with van der Waals surface area (Å²) in [7, 11) is 0. The second kappa shape index (κ2) is 23.7. The molecule has 0 aromatic carbocycles. The van der Waals surface area contributed by atoms with E-state index in [0.717, 1.165) is 24.3 Å². The summed E-state index contributed by atoms with van der Waals surface area (Å²) in [6.07, 6.45) is 16.8. The molecule has 188 valence electrons. The lowest BCUT2D eigenvalue weighted by atomic mass is 10.1. The molecule has 0 bridgehead atoms. The standard InChI is InChI=1S/C25H52O4S2/c1-3-5-7-9-11-13-15-17-19-30-25(24(29)23(28)22(27)21-26)31-20-18-16-14-12-10-8-6-4-2/h22-29H,3-21H2,1-2H3. The SMILES string of the molecule is CCCCCCCCCCSC(SCCCCCCCCCC)C(O)C(O)C(O)CO. The smallest absolute Gasteiger partial charge is 0.110 e. The van der Waals surface area contributed by atoms with E-state index in [-0.39, 0.29) is 4.58 Å². The third kappa shape index (κ3) is 18.6. The van der Waals surface area contributed by atoms with Gasteiger partial charge in [-0.25, -0.2) is 0 Å². The van der Waals surface area contributed by atoms with Gasteiger partial charge in [0.15, 0.2) is 0 Å². The minimum atomic E-state index is -1.30. The van der Waals surface area contributed by atoms with Crippen molar-refractivity contribution in [3.8, 4) is 0 Å². The zero-order valence-electron chi connectivity index (χ0n) is 20.3. The van der Waals surface area contributed by atoms with Gasteiger partial charge in [-0.3, -0.25) is 0 Å². The first kappa shape index (κ1) is 31.5. The van der Waals surface area contributed by atoms with Gasteiger partial charge in [0.25, 0.3) is 0 Å². The van der Waals surface area contributed by atoms with Gasteiger partial charge < -0.3 is 20.4 Å². The average molecular weight is 481 g/mol. The summed E-state index contributed by atoms with van der Waals surface area (Å²) in [6.45, 7) is 3.95. The lowest BCUT2D eigenvalue weighted by Crippen LogP contribution is -2.44. The molecule has 0 aromatic rings. The molecule has 0 heterocycles. The molecule has 6 heteroatoms. The van der Waals surface area contributed by atoms with Gasteiger partial charge in [0, 0.05) is 0 Å². The van der Waals surface area contributed by atoms with Crippen molar-refractivity contribution in [2.24, 2.45) is 0 Å². The van der Waals surface area contributed by atoms with Gasteiger partial charge in [0.2, 0.25) is 0 Å². The Morgan fingerprint density at radius 3 is 1.23 bits per heavy atom. The van der Waals surface area contributed by atoms with Crippen molar-refractivity contribution in [3.63, 3.8) is 0 Å². The monoisotopic (exact) mass is 480 g/mol. The summed E-state index contributed by atoms with van der Waals surface area (Å²) in [5, 5.41) is 39.5. The third-order valence-electron chi connectivity index (χ3n) is 5.77. The Balaban J connectivity index is 4.12. The summed E-state index contributed by atoms with van der Waals surface area (Å²) in [4.78, 5) is 0.